The van der Waals surface area contributed by atoms with Crippen LogP contribution in [0, 0.1) is 0 Å². The van der Waals surface area contributed by atoms with Crippen LogP contribution in [0.2, 0.25) is 0 Å². The first-order valence-electron chi connectivity index (χ1n) is 4.75. The number of hydrogen-bond donors (Lipinski definition) is 1. The first kappa shape index (κ1) is 13.5. The molecule has 1 aromatic carbocycles. The number of rotatable bonds is 4. The van der Waals surface area contributed by atoms with Gasteiger partial charge in [0.25, 0.3) is 0 Å². The molecular weight excluding hydrogens is 237 g/mol. The maximum atomic E-state index is 12.7. The summed E-state index contributed by atoms with van der Waals surface area (Å²) in [5.74, 6) is -1.19. The summed E-state index contributed by atoms with van der Waals surface area (Å²) in [6.07, 6.45) is -7.13. The molecule has 0 fully saturated rings. The molecule has 1 N–H and O–H groups in total. The summed E-state index contributed by atoms with van der Waals surface area (Å²) < 4.78 is 42.4. The third-order valence-electron chi connectivity index (χ3n) is 2.21. The molecule has 1 aromatic rings. The van der Waals surface area contributed by atoms with E-state index < -0.39 is 24.7 Å². The predicted octanol–water partition coefficient (Wildman–Crippen LogP) is 2.56. The molecule has 1 unspecified atom stereocenters. The van der Waals surface area contributed by atoms with Gasteiger partial charge in [-0.3, -0.25) is 4.79 Å². The molecule has 0 radical (unpaired) electrons. The van der Waals surface area contributed by atoms with Crippen LogP contribution in [0.3, 0.4) is 0 Å². The summed E-state index contributed by atoms with van der Waals surface area (Å²) >= 11 is 0. The molecule has 1 rings (SSSR count). The number of hydrogen-bond acceptors (Lipinski definition) is 2. The van der Waals surface area contributed by atoms with Gasteiger partial charge in [0.05, 0.1) is 6.42 Å². The van der Waals surface area contributed by atoms with Gasteiger partial charge in [0.1, 0.15) is 0 Å². The van der Waals surface area contributed by atoms with E-state index in [9.17, 15) is 18.0 Å². The zero-order valence-corrected chi connectivity index (χ0v) is 8.99. The number of halogens is 3. The fourth-order valence-corrected chi connectivity index (χ4v) is 1.55. The molecule has 0 spiro atoms. The number of benzene rings is 1. The molecule has 17 heavy (non-hydrogen) atoms. The second-order valence-electron chi connectivity index (χ2n) is 3.43. The molecular formula is C11H11F3O3. The third-order valence-corrected chi connectivity index (χ3v) is 2.21. The molecule has 0 heterocycles. The summed E-state index contributed by atoms with van der Waals surface area (Å²) in [5.41, 5.74) is -0.0610. The monoisotopic (exact) mass is 248 g/mol. The van der Waals surface area contributed by atoms with Crippen molar-refractivity contribution in [3.63, 3.8) is 0 Å². The van der Waals surface area contributed by atoms with Gasteiger partial charge in [-0.2, -0.15) is 13.2 Å². The maximum Gasteiger partial charge on any atom is 0.418 e. The second kappa shape index (κ2) is 5.18. The van der Waals surface area contributed by atoms with Crippen molar-refractivity contribution in [2.75, 3.05) is 7.11 Å². The van der Waals surface area contributed by atoms with E-state index in [2.05, 4.69) is 4.74 Å². The average molecular weight is 248 g/mol. The lowest BCUT2D eigenvalue weighted by Gasteiger charge is -2.21. The van der Waals surface area contributed by atoms with E-state index >= 15 is 0 Å². The number of carboxylic acids is 1. The van der Waals surface area contributed by atoms with Crippen LogP contribution in [0.4, 0.5) is 13.2 Å². The zero-order chi connectivity index (χ0) is 13.1. The number of methoxy groups -OCH3 is 1. The number of aliphatic carboxylic acids is 1. The summed E-state index contributed by atoms with van der Waals surface area (Å²) in [5, 5.41) is 8.63. The van der Waals surface area contributed by atoms with Crippen LogP contribution in [-0.4, -0.2) is 24.4 Å². The van der Waals surface area contributed by atoms with E-state index in [1.54, 1.807) is 0 Å². The molecule has 94 valence electrons. The van der Waals surface area contributed by atoms with Crippen LogP contribution < -0.4 is 0 Å². The molecule has 6 heteroatoms. The van der Waals surface area contributed by atoms with E-state index in [0.717, 1.165) is 7.11 Å². The van der Waals surface area contributed by atoms with Gasteiger partial charge in [-0.05, 0) is 11.1 Å². The average Bonchev–Trinajstić information content (AvgIpc) is 2.18. The van der Waals surface area contributed by atoms with E-state index in [1.165, 1.54) is 24.3 Å². The van der Waals surface area contributed by atoms with Crippen LogP contribution >= 0.6 is 0 Å². The first-order valence-corrected chi connectivity index (χ1v) is 4.75. The van der Waals surface area contributed by atoms with Crippen molar-refractivity contribution in [2.45, 2.75) is 18.7 Å². The molecule has 3 nitrogen and oxygen atoms in total. The molecule has 1 atom stereocenters. The van der Waals surface area contributed by atoms with Gasteiger partial charge >= 0.3 is 12.1 Å². The normalized spacial score (nSPS) is 13.4. The Labute approximate surface area is 95.8 Å². The molecule has 0 aliphatic carbocycles. The van der Waals surface area contributed by atoms with Gasteiger partial charge in [-0.15, -0.1) is 0 Å². The topological polar surface area (TPSA) is 46.5 Å². The van der Waals surface area contributed by atoms with Crippen molar-refractivity contribution in [2.24, 2.45) is 0 Å². The summed E-state index contributed by atoms with van der Waals surface area (Å²) in [4.78, 5) is 10.6. The molecule has 0 aliphatic heterocycles. The molecule has 0 aromatic heterocycles. The summed E-state index contributed by atoms with van der Waals surface area (Å²) in [7, 11) is 0.940. The Balaban J connectivity index is 3.15. The number of alkyl halides is 3. The van der Waals surface area contributed by atoms with Crippen LogP contribution in [0.5, 0.6) is 0 Å². The van der Waals surface area contributed by atoms with Gasteiger partial charge in [-0.25, -0.2) is 0 Å². The minimum atomic E-state index is -4.57. The standard InChI is InChI=1S/C11H11F3O3/c1-17-10(11(12,13)14)8-5-3-2-4-7(8)6-9(15)16/h2-5,10H,6H2,1H3,(H,15,16). The smallest absolute Gasteiger partial charge is 0.418 e. The molecule has 0 bridgehead atoms. The van der Waals surface area contributed by atoms with Gasteiger partial charge in [0.15, 0.2) is 6.10 Å². The minimum Gasteiger partial charge on any atom is -0.481 e. The van der Waals surface area contributed by atoms with Gasteiger partial charge in [0.2, 0.25) is 0 Å². The van der Waals surface area contributed by atoms with E-state index in [0.29, 0.717) is 0 Å². The molecule has 0 amide bonds. The number of carbonyl (C=O) groups is 1. The SMILES string of the molecule is COC(c1ccccc1CC(=O)O)C(F)(F)F. The van der Waals surface area contributed by atoms with Crippen molar-refractivity contribution >= 4 is 5.97 Å². The second-order valence-corrected chi connectivity index (χ2v) is 3.43. The van der Waals surface area contributed by atoms with Gasteiger partial charge in [-0.1, -0.05) is 24.3 Å². The van der Waals surface area contributed by atoms with Crippen molar-refractivity contribution < 1.29 is 27.8 Å². The molecule has 0 saturated heterocycles. The predicted molar refractivity (Wildman–Crippen MR) is 53.6 cm³/mol. The highest BCUT2D eigenvalue weighted by molar-refractivity contribution is 5.70. The first-order chi connectivity index (χ1) is 7.86. The number of ether oxygens (including phenoxy) is 1. The third kappa shape index (κ3) is 3.45. The van der Waals surface area contributed by atoms with E-state index in [-0.39, 0.29) is 11.1 Å². The lowest BCUT2D eigenvalue weighted by molar-refractivity contribution is -0.216. The Morgan fingerprint density at radius 3 is 2.47 bits per heavy atom. The van der Waals surface area contributed by atoms with E-state index in [4.69, 9.17) is 5.11 Å². The van der Waals surface area contributed by atoms with Gasteiger partial charge < -0.3 is 9.84 Å². The van der Waals surface area contributed by atoms with E-state index in [1.807, 2.05) is 0 Å². The highest BCUT2D eigenvalue weighted by Crippen LogP contribution is 2.36. The van der Waals surface area contributed by atoms with Crippen molar-refractivity contribution in [1.29, 1.82) is 0 Å². The largest absolute Gasteiger partial charge is 0.481 e. The highest BCUT2D eigenvalue weighted by atomic mass is 19.4. The van der Waals surface area contributed by atoms with Crippen LogP contribution in [0.1, 0.15) is 17.2 Å². The molecule has 0 saturated carbocycles. The van der Waals surface area contributed by atoms with Crippen molar-refractivity contribution in [3.8, 4) is 0 Å². The Hall–Kier alpha value is -1.56. The Morgan fingerprint density at radius 2 is 2.00 bits per heavy atom. The fourth-order valence-electron chi connectivity index (χ4n) is 1.55. The lowest BCUT2D eigenvalue weighted by Crippen LogP contribution is -2.24. The Morgan fingerprint density at radius 1 is 1.41 bits per heavy atom. The number of carboxylic acid groups (broad SMARTS) is 1. The van der Waals surface area contributed by atoms with Crippen molar-refractivity contribution in [3.05, 3.63) is 35.4 Å². The van der Waals surface area contributed by atoms with Crippen molar-refractivity contribution in [1.82, 2.24) is 0 Å². The maximum absolute atomic E-state index is 12.7. The Bertz CT molecular complexity index is 401. The Kier molecular flexibility index (Phi) is 4.11. The summed E-state index contributed by atoms with van der Waals surface area (Å²) in [6, 6.07) is 5.48. The van der Waals surface area contributed by atoms with Crippen LogP contribution in [-0.2, 0) is 16.0 Å². The molecule has 0 aliphatic rings. The van der Waals surface area contributed by atoms with Crippen LogP contribution in [0.25, 0.3) is 0 Å². The summed E-state index contributed by atoms with van der Waals surface area (Å²) in [6.45, 7) is 0. The van der Waals surface area contributed by atoms with Crippen LogP contribution in [0.15, 0.2) is 24.3 Å². The fraction of sp³-hybridized carbons (Fsp3) is 0.364. The zero-order valence-electron chi connectivity index (χ0n) is 8.99. The quantitative estimate of drug-likeness (QED) is 0.890. The highest BCUT2D eigenvalue weighted by Gasteiger charge is 2.42. The lowest BCUT2D eigenvalue weighted by atomic mass is 9.99. The minimum absolute atomic E-state index is 0.101. The van der Waals surface area contributed by atoms with Gasteiger partial charge in [0, 0.05) is 7.11 Å².